The number of hydrogen-bond acceptors (Lipinski definition) is 2. The smallest absolute Gasteiger partial charge is 0.123 e. The fraction of sp³-hybridized carbons (Fsp3) is 0.294. The molecule has 0 aliphatic carbocycles. The maximum absolute atomic E-state index is 13.0. The molecule has 0 heterocycles. The van der Waals surface area contributed by atoms with Crippen molar-refractivity contribution in [3.05, 3.63) is 59.4 Å². The molecule has 2 nitrogen and oxygen atoms in total. The van der Waals surface area contributed by atoms with Crippen molar-refractivity contribution in [3.63, 3.8) is 0 Å². The molecular formula is C17H20FNO. The van der Waals surface area contributed by atoms with Gasteiger partial charge in [0.1, 0.15) is 11.6 Å². The number of nitrogens with one attached hydrogen (secondary N) is 1. The van der Waals surface area contributed by atoms with Crippen molar-refractivity contribution in [2.75, 3.05) is 5.32 Å². The summed E-state index contributed by atoms with van der Waals surface area (Å²) in [6.07, 6.45) is 1.91. The van der Waals surface area contributed by atoms with E-state index in [9.17, 15) is 9.50 Å². The minimum Gasteiger partial charge on any atom is -0.508 e. The fourth-order valence-electron chi connectivity index (χ4n) is 2.17. The number of aryl methyl sites for hydroxylation is 2. The highest BCUT2D eigenvalue weighted by molar-refractivity contribution is 5.51. The highest BCUT2D eigenvalue weighted by Crippen LogP contribution is 2.18. The van der Waals surface area contributed by atoms with Gasteiger partial charge in [-0.1, -0.05) is 12.1 Å². The summed E-state index contributed by atoms with van der Waals surface area (Å²) >= 11 is 0. The molecule has 0 saturated carbocycles. The molecule has 0 saturated heterocycles. The summed E-state index contributed by atoms with van der Waals surface area (Å²) in [5.41, 5.74) is 3.10. The number of aromatic hydroxyl groups is 1. The van der Waals surface area contributed by atoms with Crippen molar-refractivity contribution in [2.45, 2.75) is 32.7 Å². The molecule has 1 atom stereocenters. The van der Waals surface area contributed by atoms with Crippen LogP contribution in [0.4, 0.5) is 10.1 Å². The van der Waals surface area contributed by atoms with E-state index in [1.54, 1.807) is 18.2 Å². The lowest BCUT2D eigenvalue weighted by Crippen LogP contribution is -2.16. The lowest BCUT2D eigenvalue weighted by atomic mass is 10.1. The number of phenols is 1. The zero-order valence-corrected chi connectivity index (χ0v) is 11.9. The molecule has 0 aromatic heterocycles. The first-order chi connectivity index (χ1) is 9.54. The Morgan fingerprint density at radius 1 is 1.15 bits per heavy atom. The van der Waals surface area contributed by atoms with Crippen molar-refractivity contribution in [3.8, 4) is 5.75 Å². The summed E-state index contributed by atoms with van der Waals surface area (Å²) in [7, 11) is 0. The molecule has 0 amide bonds. The predicted octanol–water partition coefficient (Wildman–Crippen LogP) is 4.27. The van der Waals surface area contributed by atoms with E-state index in [0.717, 1.165) is 24.1 Å². The molecule has 2 aromatic carbocycles. The molecule has 2 rings (SSSR count). The van der Waals surface area contributed by atoms with E-state index >= 15 is 0 Å². The molecule has 106 valence electrons. The van der Waals surface area contributed by atoms with Gasteiger partial charge < -0.3 is 10.4 Å². The Balaban J connectivity index is 1.89. The summed E-state index contributed by atoms with van der Waals surface area (Å²) < 4.78 is 13.0. The van der Waals surface area contributed by atoms with E-state index in [1.165, 1.54) is 17.7 Å². The van der Waals surface area contributed by atoms with Crippen LogP contribution in [0.15, 0.2) is 42.5 Å². The second-order valence-corrected chi connectivity index (χ2v) is 5.21. The molecule has 1 unspecified atom stereocenters. The summed E-state index contributed by atoms with van der Waals surface area (Å²) in [6, 6.07) is 12.4. The van der Waals surface area contributed by atoms with Crippen molar-refractivity contribution < 1.29 is 9.50 Å². The quantitative estimate of drug-likeness (QED) is 0.852. The van der Waals surface area contributed by atoms with Crippen LogP contribution in [0.2, 0.25) is 0 Å². The maximum Gasteiger partial charge on any atom is 0.123 e. The van der Waals surface area contributed by atoms with Crippen LogP contribution in [0.3, 0.4) is 0 Å². The topological polar surface area (TPSA) is 32.3 Å². The molecule has 0 aliphatic heterocycles. The largest absolute Gasteiger partial charge is 0.508 e. The van der Waals surface area contributed by atoms with Crippen molar-refractivity contribution >= 4 is 5.69 Å². The van der Waals surface area contributed by atoms with Crippen LogP contribution in [0, 0.1) is 12.7 Å². The number of rotatable bonds is 5. The lowest BCUT2D eigenvalue weighted by molar-refractivity contribution is 0.475. The zero-order valence-electron chi connectivity index (χ0n) is 11.9. The highest BCUT2D eigenvalue weighted by atomic mass is 19.1. The minimum absolute atomic E-state index is 0.204. The van der Waals surface area contributed by atoms with Gasteiger partial charge in [-0.05, 0) is 68.1 Å². The molecule has 0 bridgehead atoms. The average Bonchev–Trinajstić information content (AvgIpc) is 2.41. The lowest BCUT2D eigenvalue weighted by Gasteiger charge is -2.17. The third kappa shape index (κ3) is 3.98. The Morgan fingerprint density at radius 3 is 2.50 bits per heavy atom. The van der Waals surface area contributed by atoms with Crippen LogP contribution in [-0.2, 0) is 6.42 Å². The van der Waals surface area contributed by atoms with Gasteiger partial charge in [0.05, 0.1) is 0 Å². The SMILES string of the molecule is Cc1cc(F)ccc1NC(C)CCc1ccc(O)cc1. The van der Waals surface area contributed by atoms with Crippen molar-refractivity contribution in [1.29, 1.82) is 0 Å². The number of hydrogen-bond donors (Lipinski definition) is 2. The van der Waals surface area contributed by atoms with E-state index in [4.69, 9.17) is 0 Å². The van der Waals surface area contributed by atoms with Gasteiger partial charge in [0.2, 0.25) is 0 Å². The van der Waals surface area contributed by atoms with Crippen molar-refractivity contribution in [2.24, 2.45) is 0 Å². The standard InChI is InChI=1S/C17H20FNO/c1-12-11-15(18)7-10-17(12)19-13(2)3-4-14-5-8-16(20)9-6-14/h5-11,13,19-20H,3-4H2,1-2H3. The van der Waals surface area contributed by atoms with E-state index in [0.29, 0.717) is 11.8 Å². The van der Waals surface area contributed by atoms with Gasteiger partial charge in [0, 0.05) is 11.7 Å². The van der Waals surface area contributed by atoms with Gasteiger partial charge in [0.15, 0.2) is 0 Å². The Morgan fingerprint density at radius 2 is 1.85 bits per heavy atom. The van der Waals surface area contributed by atoms with Crippen LogP contribution in [0.1, 0.15) is 24.5 Å². The van der Waals surface area contributed by atoms with Gasteiger partial charge in [-0.2, -0.15) is 0 Å². The summed E-state index contributed by atoms with van der Waals surface area (Å²) in [5, 5.41) is 12.6. The Kier molecular flexibility index (Phi) is 4.61. The molecule has 20 heavy (non-hydrogen) atoms. The second kappa shape index (κ2) is 6.42. The summed E-state index contributed by atoms with van der Waals surface area (Å²) in [5.74, 6) is 0.0895. The van der Waals surface area contributed by atoms with Crippen LogP contribution >= 0.6 is 0 Å². The molecule has 2 aromatic rings. The molecule has 0 radical (unpaired) electrons. The normalized spacial score (nSPS) is 12.2. The van der Waals surface area contributed by atoms with Crippen molar-refractivity contribution in [1.82, 2.24) is 0 Å². The van der Waals surface area contributed by atoms with Crippen LogP contribution in [0.5, 0.6) is 5.75 Å². The molecule has 2 N–H and O–H groups in total. The highest BCUT2D eigenvalue weighted by Gasteiger charge is 2.05. The zero-order chi connectivity index (χ0) is 14.5. The van der Waals surface area contributed by atoms with Gasteiger partial charge in [0.25, 0.3) is 0 Å². The van der Waals surface area contributed by atoms with E-state index in [-0.39, 0.29) is 5.82 Å². The Hall–Kier alpha value is -2.03. The van der Waals surface area contributed by atoms with Crippen LogP contribution < -0.4 is 5.32 Å². The van der Waals surface area contributed by atoms with E-state index in [1.807, 2.05) is 19.1 Å². The number of halogens is 1. The second-order valence-electron chi connectivity index (χ2n) is 5.21. The van der Waals surface area contributed by atoms with Gasteiger partial charge >= 0.3 is 0 Å². The molecule has 0 aliphatic rings. The summed E-state index contributed by atoms with van der Waals surface area (Å²) in [4.78, 5) is 0. The first-order valence-corrected chi connectivity index (χ1v) is 6.85. The fourth-order valence-corrected chi connectivity index (χ4v) is 2.17. The minimum atomic E-state index is -0.204. The third-order valence-electron chi connectivity index (χ3n) is 3.39. The monoisotopic (exact) mass is 273 g/mol. The molecule has 0 spiro atoms. The van der Waals surface area contributed by atoms with Crippen LogP contribution in [0.25, 0.3) is 0 Å². The van der Waals surface area contributed by atoms with Gasteiger partial charge in [-0.15, -0.1) is 0 Å². The average molecular weight is 273 g/mol. The number of phenolic OH excluding ortho intramolecular Hbond substituents is 1. The van der Waals surface area contributed by atoms with Crippen LogP contribution in [-0.4, -0.2) is 11.1 Å². The molecule has 3 heteroatoms. The molecule has 0 fully saturated rings. The van der Waals surface area contributed by atoms with Gasteiger partial charge in [-0.25, -0.2) is 4.39 Å². The number of benzene rings is 2. The third-order valence-corrected chi connectivity index (χ3v) is 3.39. The summed E-state index contributed by atoms with van der Waals surface area (Å²) in [6.45, 7) is 4.02. The van der Waals surface area contributed by atoms with E-state index in [2.05, 4.69) is 12.2 Å². The van der Waals surface area contributed by atoms with Gasteiger partial charge in [-0.3, -0.25) is 0 Å². The maximum atomic E-state index is 13.0. The number of anilines is 1. The first-order valence-electron chi connectivity index (χ1n) is 6.85. The predicted molar refractivity (Wildman–Crippen MR) is 80.6 cm³/mol. The Bertz CT molecular complexity index is 566. The first kappa shape index (κ1) is 14.4. The molecular weight excluding hydrogens is 253 g/mol. The van der Waals surface area contributed by atoms with E-state index < -0.39 is 0 Å². The Labute approximate surface area is 119 Å².